The molecule has 0 spiro atoms. The van der Waals surface area contributed by atoms with Crippen molar-refractivity contribution in [1.82, 2.24) is 4.90 Å². The average Bonchev–Trinajstić information content (AvgIpc) is 2.88. The van der Waals surface area contributed by atoms with E-state index in [1.807, 2.05) is 11.4 Å². The number of hydrogen-bond acceptors (Lipinski definition) is 4. The number of likely N-dealkylation sites (tertiary alicyclic amines) is 1. The summed E-state index contributed by atoms with van der Waals surface area (Å²) in [4.78, 5) is 16.3. The molecular weight excluding hydrogens is 260 g/mol. The van der Waals surface area contributed by atoms with Gasteiger partial charge in [0.15, 0.2) is 0 Å². The van der Waals surface area contributed by atoms with E-state index < -0.39 is 5.97 Å². The Balaban J connectivity index is 1.71. The van der Waals surface area contributed by atoms with Crippen molar-refractivity contribution in [1.29, 1.82) is 0 Å². The summed E-state index contributed by atoms with van der Waals surface area (Å²) in [6.45, 7) is 3.34. The molecule has 1 N–H and O–H groups in total. The van der Waals surface area contributed by atoms with E-state index in [4.69, 9.17) is 5.11 Å². The molecule has 0 radical (unpaired) electrons. The Labute approximate surface area is 117 Å². The highest BCUT2D eigenvalue weighted by Gasteiger charge is 2.34. The van der Waals surface area contributed by atoms with E-state index in [-0.39, 0.29) is 0 Å². The van der Waals surface area contributed by atoms with E-state index in [1.165, 1.54) is 37.1 Å². The zero-order chi connectivity index (χ0) is 13.4. The van der Waals surface area contributed by atoms with Gasteiger partial charge in [-0.2, -0.15) is 0 Å². The monoisotopic (exact) mass is 280 g/mol. The van der Waals surface area contributed by atoms with Crippen LogP contribution in [0.3, 0.4) is 0 Å². The molecule has 2 aliphatic rings. The molecule has 1 aromatic heterocycles. The Morgan fingerprint density at radius 3 is 3.00 bits per heavy atom. The number of piperidine rings is 2. The molecule has 0 aromatic carbocycles. The molecule has 5 heteroatoms. The fourth-order valence-corrected chi connectivity index (χ4v) is 4.25. The summed E-state index contributed by atoms with van der Waals surface area (Å²) in [5.41, 5.74) is 1.09. The van der Waals surface area contributed by atoms with Gasteiger partial charge >= 0.3 is 5.97 Å². The molecular formula is C14H20N2O2S. The van der Waals surface area contributed by atoms with E-state index in [2.05, 4.69) is 16.8 Å². The van der Waals surface area contributed by atoms with Crippen LogP contribution in [-0.2, 0) is 0 Å². The molecule has 19 heavy (non-hydrogen) atoms. The number of carboxylic acid groups (broad SMARTS) is 1. The third kappa shape index (κ3) is 2.49. The van der Waals surface area contributed by atoms with Crippen LogP contribution < -0.4 is 4.90 Å². The van der Waals surface area contributed by atoms with E-state index in [0.29, 0.717) is 4.88 Å². The zero-order valence-electron chi connectivity index (χ0n) is 11.2. The Bertz CT molecular complexity index is 474. The minimum absolute atomic E-state index is 0.442. The first-order valence-corrected chi connectivity index (χ1v) is 7.80. The molecule has 2 aliphatic heterocycles. The molecule has 3 rings (SSSR count). The molecule has 0 saturated carbocycles. The minimum atomic E-state index is -0.816. The van der Waals surface area contributed by atoms with Crippen LogP contribution in [0.2, 0.25) is 0 Å². The predicted octanol–water partition coefficient (Wildman–Crippen LogP) is 2.37. The zero-order valence-corrected chi connectivity index (χ0v) is 12.0. The van der Waals surface area contributed by atoms with Crippen molar-refractivity contribution in [3.05, 3.63) is 16.3 Å². The van der Waals surface area contributed by atoms with Crippen LogP contribution in [0.1, 0.15) is 28.9 Å². The quantitative estimate of drug-likeness (QED) is 0.903. The highest BCUT2D eigenvalue weighted by Crippen LogP contribution is 2.33. The van der Waals surface area contributed by atoms with Crippen LogP contribution in [0.4, 0.5) is 5.69 Å². The summed E-state index contributed by atoms with van der Waals surface area (Å²) in [7, 11) is 2.24. The van der Waals surface area contributed by atoms with E-state index >= 15 is 0 Å². The summed E-state index contributed by atoms with van der Waals surface area (Å²) in [6.07, 6.45) is 3.79. The van der Waals surface area contributed by atoms with Gasteiger partial charge in [-0.25, -0.2) is 4.79 Å². The van der Waals surface area contributed by atoms with Gasteiger partial charge in [0.25, 0.3) is 0 Å². The van der Waals surface area contributed by atoms with Gasteiger partial charge in [0.1, 0.15) is 4.88 Å². The molecule has 4 nitrogen and oxygen atoms in total. The lowest BCUT2D eigenvalue weighted by atomic mass is 9.84. The van der Waals surface area contributed by atoms with E-state index in [1.54, 1.807) is 0 Å². The second-order valence-electron chi connectivity index (χ2n) is 5.66. The number of nitrogens with zero attached hydrogens (tertiary/aromatic N) is 2. The van der Waals surface area contributed by atoms with Gasteiger partial charge in [0, 0.05) is 30.2 Å². The van der Waals surface area contributed by atoms with Gasteiger partial charge in [-0.3, -0.25) is 0 Å². The van der Waals surface area contributed by atoms with Crippen molar-refractivity contribution in [3.63, 3.8) is 0 Å². The summed E-state index contributed by atoms with van der Waals surface area (Å²) < 4.78 is 0. The molecule has 0 aliphatic carbocycles. The first-order valence-electron chi connectivity index (χ1n) is 6.92. The van der Waals surface area contributed by atoms with Crippen molar-refractivity contribution < 1.29 is 9.90 Å². The van der Waals surface area contributed by atoms with Crippen LogP contribution in [0, 0.1) is 5.92 Å². The lowest BCUT2D eigenvalue weighted by molar-refractivity contribution is 0.0702. The summed E-state index contributed by atoms with van der Waals surface area (Å²) >= 11 is 1.33. The molecule has 0 bridgehead atoms. The highest BCUT2D eigenvalue weighted by molar-refractivity contribution is 7.12. The number of anilines is 1. The molecule has 2 atom stereocenters. The molecule has 2 fully saturated rings. The normalized spacial score (nSPS) is 28.2. The molecule has 2 saturated heterocycles. The Morgan fingerprint density at radius 2 is 2.26 bits per heavy atom. The number of aromatic carboxylic acids is 1. The number of hydrogen-bond donors (Lipinski definition) is 1. The molecule has 3 heterocycles. The van der Waals surface area contributed by atoms with Crippen LogP contribution >= 0.6 is 11.3 Å². The number of carboxylic acids is 1. The van der Waals surface area contributed by atoms with Gasteiger partial charge < -0.3 is 14.9 Å². The van der Waals surface area contributed by atoms with Gasteiger partial charge in [-0.15, -0.1) is 11.3 Å². The third-order valence-corrected chi connectivity index (χ3v) is 5.41. The smallest absolute Gasteiger partial charge is 0.345 e. The molecule has 104 valence electrons. The first-order chi connectivity index (χ1) is 9.15. The van der Waals surface area contributed by atoms with Gasteiger partial charge in [0.05, 0.1) is 0 Å². The molecule has 1 aromatic rings. The van der Waals surface area contributed by atoms with Crippen molar-refractivity contribution in [3.8, 4) is 0 Å². The van der Waals surface area contributed by atoms with Crippen molar-refractivity contribution in [2.24, 2.45) is 5.92 Å². The summed E-state index contributed by atoms with van der Waals surface area (Å²) in [6, 6.07) is 2.54. The number of thiophene rings is 1. The predicted molar refractivity (Wildman–Crippen MR) is 77.3 cm³/mol. The Hall–Kier alpha value is -1.07. The molecule has 0 amide bonds. The topological polar surface area (TPSA) is 43.8 Å². The third-order valence-electron chi connectivity index (χ3n) is 4.51. The maximum absolute atomic E-state index is 11.0. The molecule has 2 unspecified atom stereocenters. The van der Waals surface area contributed by atoms with Crippen LogP contribution in [0.15, 0.2) is 11.4 Å². The lowest BCUT2D eigenvalue weighted by Gasteiger charge is -2.46. The van der Waals surface area contributed by atoms with Crippen LogP contribution in [0.25, 0.3) is 0 Å². The van der Waals surface area contributed by atoms with Gasteiger partial charge in [-0.1, -0.05) is 0 Å². The second-order valence-corrected chi connectivity index (χ2v) is 6.57. The summed E-state index contributed by atoms with van der Waals surface area (Å²) in [5.74, 6) is -0.0794. The summed E-state index contributed by atoms with van der Waals surface area (Å²) in [5, 5.41) is 11.0. The van der Waals surface area contributed by atoms with Gasteiger partial charge in [0.2, 0.25) is 0 Å². The average molecular weight is 280 g/mol. The first kappa shape index (κ1) is 12.9. The van der Waals surface area contributed by atoms with E-state index in [9.17, 15) is 4.79 Å². The largest absolute Gasteiger partial charge is 0.477 e. The van der Waals surface area contributed by atoms with Gasteiger partial charge in [-0.05, 0) is 44.8 Å². The number of rotatable bonds is 2. The standard InChI is InChI=1S/C14H20N2O2S/c1-15-5-2-3-10-8-16(6-4-12(10)15)11-7-13(14(17)18)19-9-11/h7,9-10,12H,2-6,8H2,1H3,(H,17,18). The second kappa shape index (κ2) is 5.13. The SMILES string of the molecule is CN1CCCC2CN(c3csc(C(=O)O)c3)CCC21. The van der Waals surface area contributed by atoms with Crippen molar-refractivity contribution in [2.45, 2.75) is 25.3 Å². The fourth-order valence-electron chi connectivity index (χ4n) is 3.49. The number of carbonyl (C=O) groups is 1. The van der Waals surface area contributed by atoms with E-state index in [0.717, 1.165) is 30.7 Å². The minimum Gasteiger partial charge on any atom is -0.477 e. The van der Waals surface area contributed by atoms with Crippen LogP contribution in [0.5, 0.6) is 0 Å². The highest BCUT2D eigenvalue weighted by atomic mass is 32.1. The Kier molecular flexibility index (Phi) is 3.50. The lowest BCUT2D eigenvalue weighted by Crippen LogP contribution is -2.52. The Morgan fingerprint density at radius 1 is 1.42 bits per heavy atom. The number of fused-ring (bicyclic) bond motifs is 1. The van der Waals surface area contributed by atoms with Crippen LogP contribution in [-0.4, -0.2) is 48.7 Å². The maximum atomic E-state index is 11.0. The van der Waals surface area contributed by atoms with Crippen molar-refractivity contribution in [2.75, 3.05) is 31.6 Å². The fraction of sp³-hybridized carbons (Fsp3) is 0.643. The maximum Gasteiger partial charge on any atom is 0.345 e. The van der Waals surface area contributed by atoms with Crippen molar-refractivity contribution >= 4 is 23.0 Å².